The highest BCUT2D eigenvalue weighted by atomic mass is 15.5. The van der Waals surface area contributed by atoms with Crippen LogP contribution >= 0.6 is 0 Å². The molecule has 0 saturated carbocycles. The van der Waals surface area contributed by atoms with Gasteiger partial charge in [-0.05, 0) is 86.6 Å². The van der Waals surface area contributed by atoms with Crippen molar-refractivity contribution >= 4 is 46.3 Å². The van der Waals surface area contributed by atoms with Gasteiger partial charge in [-0.1, -0.05) is 88.0 Å². The van der Waals surface area contributed by atoms with Crippen LogP contribution in [0.5, 0.6) is 0 Å². The van der Waals surface area contributed by atoms with Gasteiger partial charge in [0.05, 0.1) is 23.3 Å². The molecule has 0 aliphatic carbocycles. The number of benzene rings is 3. The van der Waals surface area contributed by atoms with Crippen molar-refractivity contribution in [2.75, 3.05) is 19.6 Å². The number of para-hydroxylation sites is 3. The number of nitrogens with zero attached hydrogens (tertiary/aromatic N) is 7. The molecule has 0 N–H and O–H groups in total. The number of fused-ring (bicyclic) bond motifs is 6. The molecular weight excluding hydrogens is 603 g/mol. The number of pyridine rings is 1. The molecule has 0 spiro atoms. The summed E-state index contributed by atoms with van der Waals surface area (Å²) in [5.41, 5.74) is 7.86. The maximum atomic E-state index is 5.31. The lowest BCUT2D eigenvalue weighted by Crippen LogP contribution is -2.61. The van der Waals surface area contributed by atoms with E-state index >= 15 is 0 Å². The van der Waals surface area contributed by atoms with Gasteiger partial charge < -0.3 is 19.6 Å². The fraction of sp³-hybridized carbons (Fsp3) is 0.310. The van der Waals surface area contributed by atoms with Crippen molar-refractivity contribution < 1.29 is 0 Å². The third-order valence-corrected chi connectivity index (χ3v) is 11.2. The van der Waals surface area contributed by atoms with E-state index in [1.807, 2.05) is 18.5 Å². The van der Waals surface area contributed by atoms with Gasteiger partial charge in [-0.2, -0.15) is 0 Å². The Balaban J connectivity index is 1.39. The Hall–Kier alpha value is -5.17. The minimum Gasteiger partial charge on any atom is -0.345 e. The van der Waals surface area contributed by atoms with Crippen molar-refractivity contribution in [3.63, 3.8) is 0 Å². The molecule has 0 saturated heterocycles. The lowest BCUT2D eigenvalue weighted by molar-refractivity contribution is 0.129. The van der Waals surface area contributed by atoms with Crippen LogP contribution in [0, 0.1) is 5.41 Å². The molecule has 7 heteroatoms. The Labute approximate surface area is 290 Å². The summed E-state index contributed by atoms with van der Waals surface area (Å²) in [5, 5.41) is 0. The second kappa shape index (κ2) is 12.1. The first-order valence-electron chi connectivity index (χ1n) is 17.8. The number of rotatable bonds is 8. The lowest BCUT2D eigenvalue weighted by atomic mass is 9.62. The fourth-order valence-electron chi connectivity index (χ4n) is 8.88. The molecule has 49 heavy (non-hydrogen) atoms. The molecule has 3 aromatic carbocycles. The highest BCUT2D eigenvalue weighted by Gasteiger charge is 2.59. The normalized spacial score (nSPS) is 22.2. The molecule has 3 aliphatic heterocycles. The second-order valence-corrected chi connectivity index (χ2v) is 13.8. The molecule has 8 rings (SSSR count). The summed E-state index contributed by atoms with van der Waals surface area (Å²) in [6.07, 6.45) is 8.41. The van der Waals surface area contributed by atoms with E-state index in [-0.39, 0.29) is 29.7 Å². The predicted octanol–water partition coefficient (Wildman–Crippen LogP) is 9.99. The number of aromatic nitrogens is 3. The highest BCUT2D eigenvalue weighted by Crippen LogP contribution is 2.63. The van der Waals surface area contributed by atoms with Gasteiger partial charge in [0, 0.05) is 29.0 Å². The quantitative estimate of drug-likeness (QED) is 0.166. The molecule has 248 valence electrons. The standard InChI is InChI=1S/C42H45N7/c1-7-30-18-13-15-22-34(30)48-37(47(32-19-11-10-12-20-32)40-39(48)44-27-31(8-2)45-40)26-42(9-3)29(6)33-21-14-16-23-35(33)49-38-36(24-17-25-43-38)46(28(4)5)41(42)49/h7,10-25,27-29,37,41H,1,8-9,26H2,2-6H3. The SMILES string of the molecule is C=Cc1ccccc1N1c2ncc(CC)nc2N(c2ccccc2)C1CC1(CC)C(C)c2ccccc2N2c3ncccc3N(C(C)C)C21. The van der Waals surface area contributed by atoms with Gasteiger partial charge in [-0.25, -0.2) is 15.0 Å². The number of anilines is 7. The van der Waals surface area contributed by atoms with Crippen molar-refractivity contribution in [1.29, 1.82) is 0 Å². The van der Waals surface area contributed by atoms with Gasteiger partial charge in [-0.15, -0.1) is 0 Å². The Bertz CT molecular complexity index is 2010. The summed E-state index contributed by atoms with van der Waals surface area (Å²) in [5.74, 6) is 3.07. The van der Waals surface area contributed by atoms with Crippen LogP contribution in [0.3, 0.4) is 0 Å². The van der Waals surface area contributed by atoms with Crippen molar-refractivity contribution in [2.24, 2.45) is 5.41 Å². The monoisotopic (exact) mass is 647 g/mol. The molecule has 0 amide bonds. The average Bonchev–Trinajstić information content (AvgIpc) is 3.66. The molecule has 7 nitrogen and oxygen atoms in total. The zero-order chi connectivity index (χ0) is 33.9. The molecule has 4 unspecified atom stereocenters. The summed E-state index contributed by atoms with van der Waals surface area (Å²) >= 11 is 0. The molecular formula is C42H45N7. The van der Waals surface area contributed by atoms with Crippen molar-refractivity contribution in [3.05, 3.63) is 127 Å². The van der Waals surface area contributed by atoms with E-state index in [1.165, 1.54) is 16.9 Å². The largest absolute Gasteiger partial charge is 0.345 e. The topological polar surface area (TPSA) is 51.6 Å². The van der Waals surface area contributed by atoms with E-state index in [1.54, 1.807) is 0 Å². The molecule has 2 aromatic heterocycles. The van der Waals surface area contributed by atoms with Crippen LogP contribution in [0.2, 0.25) is 0 Å². The Kier molecular flexibility index (Phi) is 7.66. The van der Waals surface area contributed by atoms with Crippen molar-refractivity contribution in [1.82, 2.24) is 15.0 Å². The lowest BCUT2D eigenvalue weighted by Gasteiger charge is -2.56. The second-order valence-electron chi connectivity index (χ2n) is 13.8. The first-order valence-corrected chi connectivity index (χ1v) is 17.8. The van der Waals surface area contributed by atoms with E-state index in [9.17, 15) is 0 Å². The summed E-state index contributed by atoms with van der Waals surface area (Å²) in [4.78, 5) is 25.7. The number of hydrogen-bond acceptors (Lipinski definition) is 7. The highest BCUT2D eigenvalue weighted by molar-refractivity contribution is 5.87. The van der Waals surface area contributed by atoms with Crippen molar-refractivity contribution in [2.45, 2.75) is 78.2 Å². The van der Waals surface area contributed by atoms with E-state index in [0.29, 0.717) is 0 Å². The van der Waals surface area contributed by atoms with Crippen LogP contribution in [0.25, 0.3) is 6.08 Å². The van der Waals surface area contributed by atoms with E-state index in [4.69, 9.17) is 15.0 Å². The maximum absolute atomic E-state index is 5.31. The minimum absolute atomic E-state index is 0.0530. The summed E-state index contributed by atoms with van der Waals surface area (Å²) < 4.78 is 0. The summed E-state index contributed by atoms with van der Waals surface area (Å²) in [6, 6.07) is 32.9. The zero-order valence-corrected chi connectivity index (χ0v) is 29.2. The Morgan fingerprint density at radius 3 is 2.22 bits per heavy atom. The molecule has 0 radical (unpaired) electrons. The van der Waals surface area contributed by atoms with Crippen LogP contribution < -0.4 is 19.6 Å². The zero-order valence-electron chi connectivity index (χ0n) is 29.2. The van der Waals surface area contributed by atoms with E-state index in [0.717, 1.165) is 59.3 Å². The average molecular weight is 648 g/mol. The van der Waals surface area contributed by atoms with Gasteiger partial charge in [0.1, 0.15) is 12.3 Å². The minimum atomic E-state index is -0.214. The maximum Gasteiger partial charge on any atom is 0.178 e. The van der Waals surface area contributed by atoms with Gasteiger partial charge in [0.15, 0.2) is 17.5 Å². The predicted molar refractivity (Wildman–Crippen MR) is 202 cm³/mol. The van der Waals surface area contributed by atoms with Crippen LogP contribution in [-0.2, 0) is 6.42 Å². The van der Waals surface area contributed by atoms with Crippen LogP contribution in [0.1, 0.15) is 70.2 Å². The molecule has 3 aliphatic rings. The number of hydrogen-bond donors (Lipinski definition) is 0. The van der Waals surface area contributed by atoms with Gasteiger partial charge in [0.2, 0.25) is 0 Å². The van der Waals surface area contributed by atoms with E-state index in [2.05, 4.69) is 152 Å². The smallest absolute Gasteiger partial charge is 0.178 e. The first kappa shape index (κ1) is 31.1. The number of aryl methyl sites for hydroxylation is 1. The third-order valence-electron chi connectivity index (χ3n) is 11.2. The van der Waals surface area contributed by atoms with Gasteiger partial charge in [0.25, 0.3) is 0 Å². The third kappa shape index (κ3) is 4.58. The van der Waals surface area contributed by atoms with Crippen molar-refractivity contribution in [3.8, 4) is 0 Å². The molecule has 0 fully saturated rings. The molecule has 5 aromatic rings. The first-order chi connectivity index (χ1) is 23.9. The van der Waals surface area contributed by atoms with Gasteiger partial charge in [-0.3, -0.25) is 0 Å². The van der Waals surface area contributed by atoms with Crippen LogP contribution in [0.4, 0.5) is 40.2 Å². The fourth-order valence-corrected chi connectivity index (χ4v) is 8.88. The van der Waals surface area contributed by atoms with Gasteiger partial charge >= 0.3 is 0 Å². The summed E-state index contributed by atoms with van der Waals surface area (Å²) in [7, 11) is 0. The van der Waals surface area contributed by atoms with Crippen LogP contribution in [-0.4, -0.2) is 33.3 Å². The van der Waals surface area contributed by atoms with E-state index < -0.39 is 0 Å². The summed E-state index contributed by atoms with van der Waals surface area (Å²) in [6.45, 7) is 15.9. The van der Waals surface area contributed by atoms with Crippen LogP contribution in [0.15, 0.2) is 110 Å². The molecule has 4 atom stereocenters. The Morgan fingerprint density at radius 2 is 1.49 bits per heavy atom. The Morgan fingerprint density at radius 1 is 0.776 bits per heavy atom. The molecule has 5 heterocycles. The molecule has 0 bridgehead atoms.